The number of aromatic carboxylic acids is 1. The Bertz CT molecular complexity index is 929. The van der Waals surface area contributed by atoms with Crippen molar-refractivity contribution in [3.63, 3.8) is 0 Å². The molecule has 5 nitrogen and oxygen atoms in total. The topological polar surface area (TPSA) is 76.4 Å². The van der Waals surface area contributed by atoms with Gasteiger partial charge in [0.25, 0.3) is 0 Å². The van der Waals surface area contributed by atoms with Gasteiger partial charge in [-0.05, 0) is 67.4 Å². The van der Waals surface area contributed by atoms with Gasteiger partial charge in [0.15, 0.2) is 0 Å². The predicted octanol–water partition coefficient (Wildman–Crippen LogP) is 4.07. The van der Waals surface area contributed by atoms with Gasteiger partial charge in [-0.15, -0.1) is 0 Å². The van der Waals surface area contributed by atoms with Crippen LogP contribution >= 0.6 is 0 Å². The molecule has 2 fully saturated rings. The molecule has 2 aromatic rings. The van der Waals surface area contributed by atoms with E-state index in [1.807, 2.05) is 12.1 Å². The van der Waals surface area contributed by atoms with Crippen LogP contribution in [0.3, 0.4) is 0 Å². The van der Waals surface area contributed by atoms with Gasteiger partial charge in [-0.25, -0.2) is 4.79 Å². The summed E-state index contributed by atoms with van der Waals surface area (Å²) >= 11 is 0. The van der Waals surface area contributed by atoms with Crippen LogP contribution in [0.1, 0.15) is 53.1 Å². The quantitative estimate of drug-likeness (QED) is 0.643. The van der Waals surface area contributed by atoms with Gasteiger partial charge in [0.1, 0.15) is 0 Å². The van der Waals surface area contributed by atoms with E-state index in [9.17, 15) is 9.90 Å². The number of carboxylic acid groups (broad SMARTS) is 1. The van der Waals surface area contributed by atoms with Crippen LogP contribution in [0.15, 0.2) is 54.6 Å². The van der Waals surface area contributed by atoms with Gasteiger partial charge in [0.05, 0.1) is 11.6 Å². The fourth-order valence-electron chi connectivity index (χ4n) is 4.96. The van der Waals surface area contributed by atoms with Crippen LogP contribution in [0, 0.1) is 16.7 Å². The molecule has 0 aromatic heterocycles. The Morgan fingerprint density at radius 1 is 1.16 bits per heavy atom. The van der Waals surface area contributed by atoms with E-state index in [-0.39, 0.29) is 5.41 Å². The third kappa shape index (κ3) is 5.52. The number of likely N-dealkylation sites (tertiary alicyclic amines) is 1. The standard InChI is InChI=1S/C26H31N3O2/c27-12-5-13-29-14-10-26(11-15-29,18-20-6-4-9-22(16-20)25(30)31)19-28-24-17-23(24)21-7-2-1-3-8-21/h1-4,6-9,16,23-24,28H,5,10-11,13-15,17-19H2,(H,30,31)/t23-,24+/m0/s1. The molecule has 2 aromatic carbocycles. The molecule has 162 valence electrons. The number of piperidine rings is 1. The predicted molar refractivity (Wildman–Crippen MR) is 121 cm³/mol. The summed E-state index contributed by atoms with van der Waals surface area (Å²) in [4.78, 5) is 13.8. The third-order valence-electron chi connectivity index (χ3n) is 6.97. The lowest BCUT2D eigenvalue weighted by Gasteiger charge is -2.42. The maximum atomic E-state index is 11.4. The van der Waals surface area contributed by atoms with Crippen molar-refractivity contribution in [2.75, 3.05) is 26.2 Å². The third-order valence-corrected chi connectivity index (χ3v) is 6.97. The van der Waals surface area contributed by atoms with Crippen LogP contribution in [0.4, 0.5) is 0 Å². The van der Waals surface area contributed by atoms with Crippen molar-refractivity contribution < 1.29 is 9.90 Å². The highest BCUT2D eigenvalue weighted by molar-refractivity contribution is 5.87. The maximum Gasteiger partial charge on any atom is 0.335 e. The van der Waals surface area contributed by atoms with Crippen molar-refractivity contribution in [3.8, 4) is 6.07 Å². The molecule has 5 heteroatoms. The van der Waals surface area contributed by atoms with Gasteiger partial charge in [0.2, 0.25) is 0 Å². The molecule has 0 unspecified atom stereocenters. The maximum absolute atomic E-state index is 11.4. The van der Waals surface area contributed by atoms with E-state index in [2.05, 4.69) is 52.7 Å². The van der Waals surface area contributed by atoms with E-state index in [0.717, 1.165) is 51.0 Å². The summed E-state index contributed by atoms with van der Waals surface area (Å²) in [6.45, 7) is 3.78. The lowest BCUT2D eigenvalue weighted by molar-refractivity contribution is 0.0696. The number of nitrogens with one attached hydrogen (secondary N) is 1. The molecule has 2 N–H and O–H groups in total. The summed E-state index contributed by atoms with van der Waals surface area (Å²) in [6, 6.07) is 20.9. The Kier molecular flexibility index (Phi) is 6.70. The zero-order valence-corrected chi connectivity index (χ0v) is 18.0. The van der Waals surface area contributed by atoms with Crippen molar-refractivity contribution in [1.29, 1.82) is 5.26 Å². The van der Waals surface area contributed by atoms with Gasteiger partial charge < -0.3 is 15.3 Å². The van der Waals surface area contributed by atoms with Crippen molar-refractivity contribution in [2.24, 2.45) is 5.41 Å². The lowest BCUT2D eigenvalue weighted by Crippen LogP contribution is -2.47. The molecule has 0 radical (unpaired) electrons. The summed E-state index contributed by atoms with van der Waals surface area (Å²) < 4.78 is 0. The van der Waals surface area contributed by atoms with Crippen LogP contribution < -0.4 is 5.32 Å². The van der Waals surface area contributed by atoms with Crippen molar-refractivity contribution in [2.45, 2.75) is 44.1 Å². The summed E-state index contributed by atoms with van der Waals surface area (Å²) in [5, 5.41) is 22.1. The van der Waals surface area contributed by atoms with Crippen LogP contribution in [-0.2, 0) is 6.42 Å². The molecule has 4 rings (SSSR count). The molecule has 0 amide bonds. The molecular formula is C26H31N3O2. The molecule has 1 saturated carbocycles. The Morgan fingerprint density at radius 2 is 1.94 bits per heavy atom. The second-order valence-corrected chi connectivity index (χ2v) is 9.17. The molecular weight excluding hydrogens is 386 g/mol. The minimum atomic E-state index is -0.871. The fourth-order valence-corrected chi connectivity index (χ4v) is 4.96. The van der Waals surface area contributed by atoms with E-state index in [1.165, 1.54) is 12.0 Å². The Hall–Kier alpha value is -2.68. The average molecular weight is 418 g/mol. The van der Waals surface area contributed by atoms with E-state index in [4.69, 9.17) is 5.26 Å². The number of carbonyl (C=O) groups is 1. The van der Waals surface area contributed by atoms with Gasteiger partial charge >= 0.3 is 5.97 Å². The smallest absolute Gasteiger partial charge is 0.335 e. The number of benzene rings is 2. The van der Waals surface area contributed by atoms with E-state index in [0.29, 0.717) is 23.9 Å². The molecule has 1 aliphatic heterocycles. The van der Waals surface area contributed by atoms with Gasteiger partial charge in [-0.1, -0.05) is 42.5 Å². The Labute approximate surface area is 184 Å². The fraction of sp³-hybridized carbons (Fsp3) is 0.462. The minimum Gasteiger partial charge on any atom is -0.478 e. The van der Waals surface area contributed by atoms with Crippen molar-refractivity contribution >= 4 is 5.97 Å². The molecule has 2 aliphatic rings. The Balaban J connectivity index is 1.43. The Morgan fingerprint density at radius 3 is 2.65 bits per heavy atom. The summed E-state index contributed by atoms with van der Waals surface area (Å²) in [5.74, 6) is -0.270. The first-order chi connectivity index (χ1) is 15.1. The largest absolute Gasteiger partial charge is 0.478 e. The molecule has 0 bridgehead atoms. The van der Waals surface area contributed by atoms with Gasteiger partial charge in [-0.3, -0.25) is 0 Å². The van der Waals surface area contributed by atoms with Gasteiger partial charge in [0, 0.05) is 31.5 Å². The van der Waals surface area contributed by atoms with E-state index >= 15 is 0 Å². The highest BCUT2D eigenvalue weighted by Crippen LogP contribution is 2.42. The summed E-state index contributed by atoms with van der Waals surface area (Å²) in [5.41, 5.74) is 2.99. The number of nitriles is 1. The number of hydrogen-bond donors (Lipinski definition) is 2. The molecule has 31 heavy (non-hydrogen) atoms. The van der Waals surface area contributed by atoms with Crippen molar-refractivity contribution in [1.82, 2.24) is 10.2 Å². The highest BCUT2D eigenvalue weighted by Gasteiger charge is 2.41. The second-order valence-electron chi connectivity index (χ2n) is 9.17. The zero-order valence-electron chi connectivity index (χ0n) is 18.0. The molecule has 1 heterocycles. The minimum absolute atomic E-state index is 0.115. The van der Waals surface area contributed by atoms with E-state index < -0.39 is 5.97 Å². The monoisotopic (exact) mass is 417 g/mol. The van der Waals surface area contributed by atoms with Crippen LogP contribution in [-0.4, -0.2) is 48.2 Å². The first-order valence-electron chi connectivity index (χ1n) is 11.3. The number of rotatable bonds is 9. The normalized spacial score (nSPS) is 22.5. The summed E-state index contributed by atoms with van der Waals surface area (Å²) in [7, 11) is 0. The molecule has 2 atom stereocenters. The molecule has 1 aliphatic carbocycles. The number of nitrogens with zero attached hydrogens (tertiary/aromatic N) is 2. The van der Waals surface area contributed by atoms with Gasteiger partial charge in [-0.2, -0.15) is 5.26 Å². The highest BCUT2D eigenvalue weighted by atomic mass is 16.4. The zero-order chi connectivity index (χ0) is 21.7. The number of carboxylic acids is 1. The van der Waals surface area contributed by atoms with Crippen LogP contribution in [0.2, 0.25) is 0 Å². The first-order valence-corrected chi connectivity index (χ1v) is 11.3. The van der Waals surface area contributed by atoms with Crippen molar-refractivity contribution in [3.05, 3.63) is 71.3 Å². The SMILES string of the molecule is N#CCCN1CCC(CN[C@@H]2C[C@H]2c2ccccc2)(Cc2cccc(C(=O)O)c2)CC1. The number of hydrogen-bond acceptors (Lipinski definition) is 4. The molecule has 0 spiro atoms. The summed E-state index contributed by atoms with van der Waals surface area (Å²) in [6.07, 6.45) is 4.77. The second kappa shape index (κ2) is 9.64. The van der Waals surface area contributed by atoms with E-state index in [1.54, 1.807) is 6.07 Å². The van der Waals surface area contributed by atoms with Crippen LogP contribution in [0.25, 0.3) is 0 Å². The molecule has 1 saturated heterocycles. The lowest BCUT2D eigenvalue weighted by atomic mass is 9.73. The van der Waals surface area contributed by atoms with Crippen LogP contribution in [0.5, 0.6) is 0 Å². The first kappa shape index (κ1) is 21.5. The average Bonchev–Trinajstić information content (AvgIpc) is 3.58.